The lowest BCUT2D eigenvalue weighted by Crippen LogP contribution is -2.05. The lowest BCUT2D eigenvalue weighted by molar-refractivity contribution is 0.827. The first-order chi connectivity index (χ1) is 6.29. The number of rotatable bonds is 1. The summed E-state index contributed by atoms with van der Waals surface area (Å²) in [5.74, 6) is 0. The van der Waals surface area contributed by atoms with Crippen LogP contribution >= 0.6 is 17.0 Å². The first-order valence-corrected chi connectivity index (χ1v) is 4.52. The Hall–Kier alpha value is -0.860. The van der Waals surface area contributed by atoms with E-state index in [4.69, 9.17) is 5.73 Å². The third-order valence-electron chi connectivity index (χ3n) is 2.31. The largest absolute Gasteiger partial charge is 0.324 e. The van der Waals surface area contributed by atoms with Gasteiger partial charge in [-0.25, -0.2) is 0 Å². The minimum atomic E-state index is 0. The number of nitrogens with two attached hydrogens (primary N) is 1. The molecule has 0 saturated heterocycles. The topological polar surface area (TPSA) is 26.0 Å². The average molecular weight is 252 g/mol. The Morgan fingerprint density at radius 3 is 2.36 bits per heavy atom. The zero-order valence-electron chi connectivity index (χ0n) is 8.10. The van der Waals surface area contributed by atoms with Gasteiger partial charge < -0.3 is 5.73 Å². The summed E-state index contributed by atoms with van der Waals surface area (Å²) in [5, 5.41) is 2.53. The maximum absolute atomic E-state index is 5.88. The van der Waals surface area contributed by atoms with Gasteiger partial charge in [0, 0.05) is 6.04 Å². The van der Waals surface area contributed by atoms with E-state index in [-0.39, 0.29) is 23.0 Å². The van der Waals surface area contributed by atoms with Gasteiger partial charge in [-0.1, -0.05) is 42.5 Å². The Morgan fingerprint density at radius 1 is 1.00 bits per heavy atom. The molecule has 2 N–H and O–H groups in total. The zero-order chi connectivity index (χ0) is 9.26. The van der Waals surface area contributed by atoms with E-state index < -0.39 is 0 Å². The molecular formula is C12H14BrN. The summed E-state index contributed by atoms with van der Waals surface area (Å²) in [6.45, 7) is 2.02. The van der Waals surface area contributed by atoms with Crippen molar-refractivity contribution in [2.24, 2.45) is 5.73 Å². The van der Waals surface area contributed by atoms with Gasteiger partial charge >= 0.3 is 0 Å². The molecule has 0 radical (unpaired) electrons. The molecule has 2 rings (SSSR count). The summed E-state index contributed by atoms with van der Waals surface area (Å²) in [5.41, 5.74) is 7.10. The second-order valence-electron chi connectivity index (χ2n) is 3.36. The van der Waals surface area contributed by atoms with Gasteiger partial charge in [0.2, 0.25) is 0 Å². The summed E-state index contributed by atoms with van der Waals surface area (Å²) in [7, 11) is 0. The number of fused-ring (bicyclic) bond motifs is 1. The molecule has 0 bridgehead atoms. The lowest BCUT2D eigenvalue weighted by atomic mass is 10.0. The van der Waals surface area contributed by atoms with Crippen LogP contribution in [0, 0.1) is 0 Å². The van der Waals surface area contributed by atoms with Gasteiger partial charge in [-0.3, -0.25) is 0 Å². The van der Waals surface area contributed by atoms with E-state index in [2.05, 4.69) is 30.3 Å². The fourth-order valence-corrected chi connectivity index (χ4v) is 1.65. The first-order valence-electron chi connectivity index (χ1n) is 4.52. The van der Waals surface area contributed by atoms with Crippen molar-refractivity contribution in [1.29, 1.82) is 0 Å². The monoisotopic (exact) mass is 251 g/mol. The second-order valence-corrected chi connectivity index (χ2v) is 3.36. The highest BCUT2D eigenvalue weighted by Crippen LogP contribution is 2.22. The van der Waals surface area contributed by atoms with E-state index in [1.54, 1.807) is 0 Å². The number of hydrogen-bond donors (Lipinski definition) is 1. The van der Waals surface area contributed by atoms with Crippen molar-refractivity contribution >= 4 is 27.8 Å². The van der Waals surface area contributed by atoms with E-state index >= 15 is 0 Å². The van der Waals surface area contributed by atoms with Crippen molar-refractivity contribution < 1.29 is 0 Å². The van der Waals surface area contributed by atoms with Crippen LogP contribution in [0.2, 0.25) is 0 Å². The third kappa shape index (κ3) is 1.97. The second kappa shape index (κ2) is 4.58. The summed E-state index contributed by atoms with van der Waals surface area (Å²) < 4.78 is 0. The maximum Gasteiger partial charge on any atom is 0.0272 e. The van der Waals surface area contributed by atoms with Crippen molar-refractivity contribution in [3.63, 3.8) is 0 Å². The van der Waals surface area contributed by atoms with Crippen molar-refractivity contribution in [3.8, 4) is 0 Å². The summed E-state index contributed by atoms with van der Waals surface area (Å²) in [4.78, 5) is 0. The normalized spacial score (nSPS) is 12.1. The Morgan fingerprint density at radius 2 is 1.64 bits per heavy atom. The maximum atomic E-state index is 5.88. The highest BCUT2D eigenvalue weighted by molar-refractivity contribution is 8.93. The molecule has 1 nitrogen and oxygen atoms in total. The molecular weight excluding hydrogens is 238 g/mol. The molecule has 0 fully saturated rings. The highest BCUT2D eigenvalue weighted by atomic mass is 79.9. The molecule has 2 aromatic rings. The van der Waals surface area contributed by atoms with Crippen molar-refractivity contribution in [1.82, 2.24) is 0 Å². The minimum absolute atomic E-state index is 0. The van der Waals surface area contributed by atoms with E-state index in [1.807, 2.05) is 19.1 Å². The molecule has 1 atom stereocenters. The van der Waals surface area contributed by atoms with Gasteiger partial charge in [0.05, 0.1) is 0 Å². The predicted molar refractivity (Wildman–Crippen MR) is 66.9 cm³/mol. The molecule has 0 heterocycles. The number of hydrogen-bond acceptors (Lipinski definition) is 1. The van der Waals surface area contributed by atoms with E-state index in [0.29, 0.717) is 0 Å². The van der Waals surface area contributed by atoms with Crippen LogP contribution in [0.15, 0.2) is 42.5 Å². The molecule has 14 heavy (non-hydrogen) atoms. The Kier molecular flexibility index (Phi) is 3.67. The SMILES string of the molecule is Br.C[C@H](N)c1cccc2ccccc12. The summed E-state index contributed by atoms with van der Waals surface area (Å²) in [6.07, 6.45) is 0. The quantitative estimate of drug-likeness (QED) is 0.826. The van der Waals surface area contributed by atoms with Crippen LogP contribution in [0.25, 0.3) is 10.8 Å². The lowest BCUT2D eigenvalue weighted by Gasteiger charge is -2.09. The van der Waals surface area contributed by atoms with Crippen LogP contribution in [0.3, 0.4) is 0 Å². The van der Waals surface area contributed by atoms with E-state index in [9.17, 15) is 0 Å². The van der Waals surface area contributed by atoms with Crippen LogP contribution in [0.1, 0.15) is 18.5 Å². The van der Waals surface area contributed by atoms with Gasteiger partial charge in [0.1, 0.15) is 0 Å². The van der Waals surface area contributed by atoms with E-state index in [1.165, 1.54) is 16.3 Å². The summed E-state index contributed by atoms with van der Waals surface area (Å²) in [6, 6.07) is 14.7. The van der Waals surface area contributed by atoms with E-state index in [0.717, 1.165) is 0 Å². The molecule has 0 aromatic heterocycles. The van der Waals surface area contributed by atoms with Gasteiger partial charge in [0.15, 0.2) is 0 Å². The van der Waals surface area contributed by atoms with Crippen LogP contribution in [0.5, 0.6) is 0 Å². The number of halogens is 1. The molecule has 2 heteroatoms. The minimum Gasteiger partial charge on any atom is -0.324 e. The van der Waals surface area contributed by atoms with Crippen molar-refractivity contribution in [3.05, 3.63) is 48.0 Å². The number of benzene rings is 2. The summed E-state index contributed by atoms with van der Waals surface area (Å²) >= 11 is 0. The molecule has 0 unspecified atom stereocenters. The van der Waals surface area contributed by atoms with Gasteiger partial charge in [-0.2, -0.15) is 0 Å². The Bertz CT molecular complexity index is 418. The molecule has 2 aromatic carbocycles. The molecule has 0 spiro atoms. The van der Waals surface area contributed by atoms with Crippen LogP contribution in [0.4, 0.5) is 0 Å². The third-order valence-corrected chi connectivity index (χ3v) is 2.31. The molecule has 74 valence electrons. The Labute approximate surface area is 94.7 Å². The average Bonchev–Trinajstić information content (AvgIpc) is 2.17. The fourth-order valence-electron chi connectivity index (χ4n) is 1.65. The smallest absolute Gasteiger partial charge is 0.0272 e. The van der Waals surface area contributed by atoms with Crippen LogP contribution < -0.4 is 5.73 Å². The molecule has 0 amide bonds. The zero-order valence-corrected chi connectivity index (χ0v) is 9.82. The Balaban J connectivity index is 0.000000980. The fraction of sp³-hybridized carbons (Fsp3) is 0.167. The van der Waals surface area contributed by atoms with Crippen LogP contribution in [-0.4, -0.2) is 0 Å². The van der Waals surface area contributed by atoms with Crippen molar-refractivity contribution in [2.75, 3.05) is 0 Å². The predicted octanol–water partition coefficient (Wildman–Crippen LogP) is 3.44. The van der Waals surface area contributed by atoms with Gasteiger partial charge in [-0.15, -0.1) is 17.0 Å². The van der Waals surface area contributed by atoms with Gasteiger partial charge in [-0.05, 0) is 23.3 Å². The molecule has 0 aliphatic heterocycles. The standard InChI is InChI=1S/C12H13N.BrH/c1-9(13)11-8-4-6-10-5-2-3-7-12(10)11;/h2-9H,13H2,1H3;1H/t9-;/m0./s1. The van der Waals surface area contributed by atoms with Gasteiger partial charge in [0.25, 0.3) is 0 Å². The molecule has 0 saturated carbocycles. The van der Waals surface area contributed by atoms with Crippen molar-refractivity contribution in [2.45, 2.75) is 13.0 Å². The van der Waals surface area contributed by atoms with Crippen LogP contribution in [-0.2, 0) is 0 Å². The highest BCUT2D eigenvalue weighted by Gasteiger charge is 2.02. The first kappa shape index (κ1) is 11.2. The molecule has 0 aliphatic carbocycles. The molecule has 0 aliphatic rings.